The summed E-state index contributed by atoms with van der Waals surface area (Å²) in [5.74, 6) is 1.09. The minimum absolute atomic E-state index is 0.0163. The van der Waals surface area contributed by atoms with E-state index in [-0.39, 0.29) is 17.9 Å². The lowest BCUT2D eigenvalue weighted by Crippen LogP contribution is -2.48. The van der Waals surface area contributed by atoms with Gasteiger partial charge in [-0.3, -0.25) is 14.5 Å². The number of fused-ring (bicyclic) bond motifs is 1. The molecule has 9 heteroatoms. The number of hydrogen-bond donors (Lipinski definition) is 1. The van der Waals surface area contributed by atoms with Crippen molar-refractivity contribution in [3.63, 3.8) is 0 Å². The molecule has 3 heterocycles. The molecule has 9 nitrogen and oxygen atoms in total. The van der Waals surface area contributed by atoms with Crippen molar-refractivity contribution in [1.82, 2.24) is 15.1 Å². The number of unbranched alkanes of at least 4 members (excludes halogenated alkanes) is 4. The molecule has 3 aliphatic heterocycles. The first-order chi connectivity index (χ1) is 19.1. The van der Waals surface area contributed by atoms with E-state index in [1.165, 1.54) is 12.8 Å². The molecule has 0 spiro atoms. The van der Waals surface area contributed by atoms with Crippen molar-refractivity contribution in [3.8, 4) is 11.5 Å². The molecule has 2 fully saturated rings. The van der Waals surface area contributed by atoms with Crippen LogP contribution in [0.1, 0.15) is 76.4 Å². The lowest BCUT2D eigenvalue weighted by atomic mass is 9.99. The second kappa shape index (κ2) is 16.0. The van der Waals surface area contributed by atoms with E-state index in [1.54, 1.807) is 0 Å². The van der Waals surface area contributed by atoms with Crippen molar-refractivity contribution < 1.29 is 28.5 Å². The van der Waals surface area contributed by atoms with Crippen LogP contribution in [-0.2, 0) is 19.1 Å². The molecule has 2 unspecified atom stereocenters. The van der Waals surface area contributed by atoms with Crippen molar-refractivity contribution in [1.29, 1.82) is 0 Å². The molecule has 0 radical (unpaired) electrons. The molecule has 1 aromatic carbocycles. The lowest BCUT2D eigenvalue weighted by molar-refractivity contribution is -0.153. The van der Waals surface area contributed by atoms with E-state index in [1.807, 2.05) is 18.2 Å². The average Bonchev–Trinajstić information content (AvgIpc) is 3.48. The maximum Gasteiger partial charge on any atom is 0.307 e. The smallest absolute Gasteiger partial charge is 0.307 e. The summed E-state index contributed by atoms with van der Waals surface area (Å²) in [5, 5.41) is 3.27. The van der Waals surface area contributed by atoms with Crippen LogP contribution >= 0.6 is 0 Å². The van der Waals surface area contributed by atoms with Gasteiger partial charge in [-0.05, 0) is 50.0 Å². The number of morpholine rings is 1. The van der Waals surface area contributed by atoms with Crippen molar-refractivity contribution in [2.45, 2.75) is 76.9 Å². The molecule has 0 bridgehead atoms. The summed E-state index contributed by atoms with van der Waals surface area (Å²) in [6, 6.07) is 5.35. The van der Waals surface area contributed by atoms with Gasteiger partial charge in [-0.25, -0.2) is 0 Å². The Labute approximate surface area is 233 Å². The van der Waals surface area contributed by atoms with Gasteiger partial charge in [0.2, 0.25) is 5.91 Å². The molecule has 218 valence electrons. The fourth-order valence-corrected chi connectivity index (χ4v) is 5.52. The van der Waals surface area contributed by atoms with Gasteiger partial charge in [-0.15, -0.1) is 0 Å². The molecule has 2 saturated heterocycles. The number of esters is 1. The molecule has 4 rings (SSSR count). The minimum Gasteiger partial charge on any atom is -0.486 e. The van der Waals surface area contributed by atoms with Crippen molar-refractivity contribution >= 4 is 11.9 Å². The molecule has 39 heavy (non-hydrogen) atoms. The van der Waals surface area contributed by atoms with Gasteiger partial charge in [-0.2, -0.15) is 0 Å². The number of nitrogens with one attached hydrogen (secondary N) is 1. The van der Waals surface area contributed by atoms with Crippen LogP contribution in [0.5, 0.6) is 11.5 Å². The maximum atomic E-state index is 13.2. The van der Waals surface area contributed by atoms with Crippen LogP contribution in [0.4, 0.5) is 0 Å². The number of hydrogen-bond acceptors (Lipinski definition) is 8. The van der Waals surface area contributed by atoms with E-state index in [0.29, 0.717) is 63.9 Å². The van der Waals surface area contributed by atoms with E-state index in [0.717, 1.165) is 63.8 Å². The Balaban J connectivity index is 1.48. The van der Waals surface area contributed by atoms with Gasteiger partial charge in [-0.1, -0.05) is 38.7 Å². The molecular weight excluding hydrogens is 498 g/mol. The summed E-state index contributed by atoms with van der Waals surface area (Å²) in [6.45, 7) is 9.46. The number of ether oxygens (including phenoxy) is 4. The fraction of sp³-hybridized carbons (Fsp3) is 0.733. The highest BCUT2D eigenvalue weighted by Crippen LogP contribution is 2.35. The largest absolute Gasteiger partial charge is 0.486 e. The van der Waals surface area contributed by atoms with E-state index in [9.17, 15) is 9.59 Å². The molecule has 0 aliphatic carbocycles. The zero-order valence-electron chi connectivity index (χ0n) is 23.7. The first-order valence-corrected chi connectivity index (χ1v) is 15.0. The standard InChI is InChI=1S/C30H47N3O6/c1-2-3-4-5-6-9-28(34)31-25(23-33-13-7-8-14-33)30(24-10-11-26-27(22-24)38-21-20-37-26)39-29(35)12-15-32-16-18-36-19-17-32/h10-11,22,25,30H,2-9,12-21,23H2,1H3,(H,31,34). The molecule has 0 saturated carbocycles. The van der Waals surface area contributed by atoms with E-state index in [4.69, 9.17) is 18.9 Å². The number of carbonyl (C=O) groups is 2. The zero-order valence-corrected chi connectivity index (χ0v) is 23.7. The number of rotatable bonds is 15. The van der Waals surface area contributed by atoms with Crippen LogP contribution in [0.3, 0.4) is 0 Å². The Morgan fingerprint density at radius 1 is 0.897 bits per heavy atom. The lowest BCUT2D eigenvalue weighted by Gasteiger charge is -2.32. The van der Waals surface area contributed by atoms with E-state index in [2.05, 4.69) is 22.0 Å². The Morgan fingerprint density at radius 3 is 2.41 bits per heavy atom. The zero-order chi connectivity index (χ0) is 27.3. The van der Waals surface area contributed by atoms with Gasteiger partial charge in [0.1, 0.15) is 19.3 Å². The Hall–Kier alpha value is -2.36. The predicted octanol–water partition coefficient (Wildman–Crippen LogP) is 3.71. The second-order valence-electron chi connectivity index (χ2n) is 10.9. The first kappa shape index (κ1) is 29.6. The summed E-state index contributed by atoms with van der Waals surface area (Å²) < 4.78 is 23.2. The van der Waals surface area contributed by atoms with E-state index >= 15 is 0 Å². The highest BCUT2D eigenvalue weighted by Gasteiger charge is 2.32. The molecular formula is C30H47N3O6. The topological polar surface area (TPSA) is 89.6 Å². The van der Waals surface area contributed by atoms with Crippen molar-refractivity contribution in [2.75, 3.05) is 65.7 Å². The maximum absolute atomic E-state index is 13.2. The third kappa shape index (κ3) is 9.65. The van der Waals surface area contributed by atoms with Gasteiger partial charge in [0, 0.05) is 32.6 Å². The molecule has 3 aliphatic rings. The van der Waals surface area contributed by atoms with Crippen LogP contribution in [-0.4, -0.2) is 93.4 Å². The predicted molar refractivity (Wildman–Crippen MR) is 149 cm³/mol. The van der Waals surface area contributed by atoms with Crippen molar-refractivity contribution in [3.05, 3.63) is 23.8 Å². The normalized spacial score (nSPS) is 19.4. The molecule has 1 aromatic rings. The van der Waals surface area contributed by atoms with E-state index < -0.39 is 6.10 Å². The fourth-order valence-electron chi connectivity index (χ4n) is 5.52. The van der Waals surface area contributed by atoms with Crippen LogP contribution < -0.4 is 14.8 Å². The number of benzene rings is 1. The third-order valence-corrected chi connectivity index (χ3v) is 7.76. The number of carbonyl (C=O) groups excluding carboxylic acids is 2. The van der Waals surface area contributed by atoms with Crippen LogP contribution in [0.2, 0.25) is 0 Å². The van der Waals surface area contributed by atoms with Gasteiger partial charge < -0.3 is 29.2 Å². The van der Waals surface area contributed by atoms with Gasteiger partial charge in [0.25, 0.3) is 0 Å². The van der Waals surface area contributed by atoms with Crippen LogP contribution in [0.15, 0.2) is 18.2 Å². The number of nitrogens with zero attached hydrogens (tertiary/aromatic N) is 2. The molecule has 1 N–H and O–H groups in total. The highest BCUT2D eigenvalue weighted by atomic mass is 16.6. The summed E-state index contributed by atoms with van der Waals surface area (Å²) in [6.07, 6.45) is 7.91. The molecule has 2 atom stereocenters. The van der Waals surface area contributed by atoms with Gasteiger partial charge in [0.05, 0.1) is 25.7 Å². The summed E-state index contributed by atoms with van der Waals surface area (Å²) in [4.78, 5) is 30.9. The Morgan fingerprint density at radius 2 is 1.64 bits per heavy atom. The molecule has 0 aromatic heterocycles. The monoisotopic (exact) mass is 545 g/mol. The Bertz CT molecular complexity index is 901. The number of amides is 1. The first-order valence-electron chi connectivity index (χ1n) is 15.0. The molecule has 1 amide bonds. The van der Waals surface area contributed by atoms with Gasteiger partial charge >= 0.3 is 5.97 Å². The van der Waals surface area contributed by atoms with Gasteiger partial charge in [0.15, 0.2) is 11.5 Å². The second-order valence-corrected chi connectivity index (χ2v) is 10.9. The average molecular weight is 546 g/mol. The SMILES string of the molecule is CCCCCCCC(=O)NC(CN1CCCC1)C(OC(=O)CCN1CCOCC1)c1ccc2c(c1)OCCO2. The van der Waals surface area contributed by atoms with Crippen molar-refractivity contribution in [2.24, 2.45) is 0 Å². The highest BCUT2D eigenvalue weighted by molar-refractivity contribution is 5.76. The quantitative estimate of drug-likeness (QED) is 0.264. The number of likely N-dealkylation sites (tertiary alicyclic amines) is 1. The third-order valence-electron chi connectivity index (χ3n) is 7.76. The summed E-state index contributed by atoms with van der Waals surface area (Å²) >= 11 is 0. The van der Waals surface area contributed by atoms with Crippen LogP contribution in [0, 0.1) is 0 Å². The Kier molecular flexibility index (Phi) is 12.2. The minimum atomic E-state index is -0.623. The van der Waals surface area contributed by atoms with Crippen LogP contribution in [0.25, 0.3) is 0 Å². The summed E-state index contributed by atoms with van der Waals surface area (Å²) in [5.41, 5.74) is 0.811. The summed E-state index contributed by atoms with van der Waals surface area (Å²) in [7, 11) is 0.